The van der Waals surface area contributed by atoms with Crippen molar-refractivity contribution in [2.75, 3.05) is 7.11 Å². The van der Waals surface area contributed by atoms with E-state index in [1.165, 1.54) is 12.0 Å². The molecule has 3 aromatic rings. The summed E-state index contributed by atoms with van der Waals surface area (Å²) >= 11 is 15.5. The highest BCUT2D eigenvalue weighted by Gasteiger charge is 2.33. The number of carbonyl (C=O) groups excluding carboxylic acids is 2. The number of carbonyl (C=O) groups is 2. The molecule has 174 valence electrons. The first-order chi connectivity index (χ1) is 16.4. The largest absolute Gasteiger partial charge is 0.493 e. The summed E-state index contributed by atoms with van der Waals surface area (Å²) in [6.45, 7) is 0.442. The van der Waals surface area contributed by atoms with Crippen molar-refractivity contribution < 1.29 is 19.1 Å². The number of nitrogens with one attached hydrogen (secondary N) is 1. The van der Waals surface area contributed by atoms with Crippen LogP contribution in [0.5, 0.6) is 11.5 Å². The molecule has 0 atom stereocenters. The van der Waals surface area contributed by atoms with Gasteiger partial charge in [-0.1, -0.05) is 75.5 Å². The number of hydrogen-bond acceptors (Lipinski definition) is 4. The highest BCUT2D eigenvalue weighted by Crippen LogP contribution is 2.36. The van der Waals surface area contributed by atoms with E-state index in [2.05, 4.69) is 21.2 Å². The van der Waals surface area contributed by atoms with Crippen molar-refractivity contribution in [2.45, 2.75) is 13.2 Å². The van der Waals surface area contributed by atoms with E-state index in [0.29, 0.717) is 31.6 Å². The van der Waals surface area contributed by atoms with E-state index >= 15 is 0 Å². The van der Waals surface area contributed by atoms with Crippen LogP contribution in [0.1, 0.15) is 16.7 Å². The van der Waals surface area contributed by atoms with Crippen molar-refractivity contribution in [3.63, 3.8) is 0 Å². The van der Waals surface area contributed by atoms with Crippen LogP contribution < -0.4 is 14.8 Å². The molecule has 0 saturated carbocycles. The summed E-state index contributed by atoms with van der Waals surface area (Å²) in [5, 5.41) is 3.56. The molecule has 1 fully saturated rings. The van der Waals surface area contributed by atoms with Gasteiger partial charge < -0.3 is 14.8 Å². The van der Waals surface area contributed by atoms with Crippen LogP contribution in [0.4, 0.5) is 4.79 Å². The highest BCUT2D eigenvalue weighted by molar-refractivity contribution is 9.10. The number of halogens is 3. The van der Waals surface area contributed by atoms with E-state index in [0.717, 1.165) is 11.1 Å². The van der Waals surface area contributed by atoms with Gasteiger partial charge in [-0.15, -0.1) is 0 Å². The van der Waals surface area contributed by atoms with E-state index in [4.69, 9.17) is 32.7 Å². The van der Waals surface area contributed by atoms with E-state index in [9.17, 15) is 9.59 Å². The van der Waals surface area contributed by atoms with Crippen LogP contribution in [0.25, 0.3) is 6.08 Å². The Bertz CT molecular complexity index is 1280. The molecule has 1 aliphatic rings. The van der Waals surface area contributed by atoms with Crippen LogP contribution in [0.15, 0.2) is 70.8 Å². The van der Waals surface area contributed by atoms with E-state index in [1.807, 2.05) is 36.4 Å². The van der Waals surface area contributed by atoms with E-state index < -0.39 is 11.9 Å². The van der Waals surface area contributed by atoms with Gasteiger partial charge in [0.05, 0.1) is 23.7 Å². The standard InChI is InChI=1S/C25H19BrCl2N2O4/c1-33-22-11-17(18(26)12-23(22)34-14-16-7-8-19(27)20(28)9-16)10-21-24(31)30(25(32)29-21)13-15-5-3-2-4-6-15/h2-12H,13-14H2,1H3,(H,29,32)/b21-10+. The summed E-state index contributed by atoms with van der Waals surface area (Å²) in [5.41, 5.74) is 2.52. The molecule has 1 heterocycles. The quantitative estimate of drug-likeness (QED) is 0.266. The molecule has 0 spiro atoms. The van der Waals surface area contributed by atoms with Gasteiger partial charge >= 0.3 is 6.03 Å². The molecule has 1 aliphatic heterocycles. The molecule has 1 N–H and O–H groups in total. The minimum atomic E-state index is -0.468. The molecule has 6 nitrogen and oxygen atoms in total. The Morgan fingerprint density at radius 3 is 2.44 bits per heavy atom. The molecule has 0 aromatic heterocycles. The Morgan fingerprint density at radius 2 is 1.74 bits per heavy atom. The number of hydrogen-bond donors (Lipinski definition) is 1. The lowest BCUT2D eigenvalue weighted by atomic mass is 10.1. The molecule has 0 unspecified atom stereocenters. The van der Waals surface area contributed by atoms with Gasteiger partial charge in [0.2, 0.25) is 0 Å². The van der Waals surface area contributed by atoms with Crippen LogP contribution in [0, 0.1) is 0 Å². The van der Waals surface area contributed by atoms with Gasteiger partial charge in [-0.05, 0) is 47.0 Å². The first-order valence-corrected chi connectivity index (χ1v) is 11.7. The molecular weight excluding hydrogens is 543 g/mol. The Balaban J connectivity index is 1.53. The van der Waals surface area contributed by atoms with Crippen molar-refractivity contribution >= 4 is 57.1 Å². The maximum Gasteiger partial charge on any atom is 0.329 e. The molecule has 34 heavy (non-hydrogen) atoms. The minimum absolute atomic E-state index is 0.174. The first-order valence-electron chi connectivity index (χ1n) is 10.2. The van der Waals surface area contributed by atoms with Crippen molar-refractivity contribution in [1.29, 1.82) is 0 Å². The third-order valence-corrected chi connectivity index (χ3v) is 6.53. The third kappa shape index (κ3) is 5.38. The zero-order valence-electron chi connectivity index (χ0n) is 18.0. The number of rotatable bonds is 7. The third-order valence-electron chi connectivity index (χ3n) is 5.11. The topological polar surface area (TPSA) is 67.9 Å². The van der Waals surface area contributed by atoms with Crippen LogP contribution in [0.2, 0.25) is 10.0 Å². The minimum Gasteiger partial charge on any atom is -0.493 e. The average molecular weight is 562 g/mol. The van der Waals surface area contributed by atoms with E-state index in [-0.39, 0.29) is 18.8 Å². The molecule has 0 aliphatic carbocycles. The number of benzene rings is 3. The smallest absolute Gasteiger partial charge is 0.329 e. The van der Waals surface area contributed by atoms with Gasteiger partial charge in [-0.3, -0.25) is 9.69 Å². The number of urea groups is 1. The Labute approximate surface area is 215 Å². The van der Waals surface area contributed by atoms with Crippen LogP contribution in [-0.2, 0) is 17.9 Å². The number of nitrogens with zero attached hydrogens (tertiary/aromatic N) is 1. The van der Waals surface area contributed by atoms with Crippen LogP contribution in [-0.4, -0.2) is 23.9 Å². The van der Waals surface area contributed by atoms with Crippen molar-refractivity contribution in [3.8, 4) is 11.5 Å². The molecule has 0 radical (unpaired) electrons. The fourth-order valence-electron chi connectivity index (χ4n) is 3.36. The maximum atomic E-state index is 12.9. The summed E-state index contributed by atoms with van der Waals surface area (Å²) in [5.74, 6) is 0.558. The van der Waals surface area contributed by atoms with Crippen LogP contribution >= 0.6 is 39.1 Å². The summed E-state index contributed by atoms with van der Waals surface area (Å²) in [6.07, 6.45) is 1.60. The molecule has 1 saturated heterocycles. The van der Waals surface area contributed by atoms with E-state index in [1.54, 1.807) is 30.3 Å². The average Bonchev–Trinajstić information content (AvgIpc) is 3.09. The Morgan fingerprint density at radius 1 is 0.971 bits per heavy atom. The lowest BCUT2D eigenvalue weighted by Gasteiger charge is -2.13. The Hall–Kier alpha value is -3.00. The molecule has 4 rings (SSSR count). The molecule has 0 bridgehead atoms. The molecule has 9 heteroatoms. The number of ether oxygens (including phenoxy) is 2. The fourth-order valence-corrected chi connectivity index (χ4v) is 4.12. The summed E-state index contributed by atoms with van der Waals surface area (Å²) in [7, 11) is 1.52. The van der Waals surface area contributed by atoms with Gasteiger partial charge in [0.15, 0.2) is 11.5 Å². The lowest BCUT2D eigenvalue weighted by Crippen LogP contribution is -2.30. The predicted octanol–water partition coefficient (Wildman–Crippen LogP) is 6.44. The zero-order chi connectivity index (χ0) is 24.2. The van der Waals surface area contributed by atoms with Gasteiger partial charge in [0, 0.05) is 4.47 Å². The predicted molar refractivity (Wildman–Crippen MR) is 135 cm³/mol. The molecule has 3 aromatic carbocycles. The van der Waals surface area contributed by atoms with Crippen LogP contribution in [0.3, 0.4) is 0 Å². The van der Waals surface area contributed by atoms with Gasteiger partial charge in [-0.2, -0.15) is 0 Å². The normalized spacial score (nSPS) is 14.5. The SMILES string of the molecule is COc1cc(/C=C2/NC(=O)N(Cc3ccccc3)C2=O)c(Br)cc1OCc1ccc(Cl)c(Cl)c1. The number of amides is 3. The highest BCUT2D eigenvalue weighted by atomic mass is 79.9. The number of methoxy groups -OCH3 is 1. The second kappa shape index (κ2) is 10.5. The summed E-state index contributed by atoms with van der Waals surface area (Å²) < 4.78 is 12.1. The number of imide groups is 1. The van der Waals surface area contributed by atoms with Crippen molar-refractivity contribution in [2.24, 2.45) is 0 Å². The Kier molecular flexibility index (Phi) is 7.46. The van der Waals surface area contributed by atoms with Gasteiger partial charge in [0.1, 0.15) is 12.3 Å². The maximum absolute atomic E-state index is 12.9. The summed E-state index contributed by atoms with van der Waals surface area (Å²) in [4.78, 5) is 26.4. The second-order valence-corrected chi connectivity index (χ2v) is 9.10. The van der Waals surface area contributed by atoms with Gasteiger partial charge in [-0.25, -0.2) is 4.79 Å². The van der Waals surface area contributed by atoms with Crippen molar-refractivity contribution in [3.05, 3.63) is 97.6 Å². The van der Waals surface area contributed by atoms with Gasteiger partial charge in [0.25, 0.3) is 5.91 Å². The molecular formula is C25H19BrCl2N2O4. The molecule has 3 amide bonds. The first kappa shape index (κ1) is 24.1. The monoisotopic (exact) mass is 560 g/mol. The summed E-state index contributed by atoms with van der Waals surface area (Å²) in [6, 6.07) is 17.6. The zero-order valence-corrected chi connectivity index (χ0v) is 21.1. The van der Waals surface area contributed by atoms with Crippen molar-refractivity contribution in [1.82, 2.24) is 10.2 Å². The lowest BCUT2D eigenvalue weighted by molar-refractivity contribution is -0.123. The fraction of sp³-hybridized carbons (Fsp3) is 0.120. The second-order valence-electron chi connectivity index (χ2n) is 7.43.